The van der Waals surface area contributed by atoms with Crippen LogP contribution >= 0.6 is 11.3 Å². The topological polar surface area (TPSA) is 55.4 Å². The number of benzene rings is 2. The van der Waals surface area contributed by atoms with Gasteiger partial charge >= 0.3 is 5.97 Å². The lowest BCUT2D eigenvalue weighted by atomic mass is 10.0. The van der Waals surface area contributed by atoms with Crippen LogP contribution in [-0.2, 0) is 9.53 Å². The van der Waals surface area contributed by atoms with Gasteiger partial charge in [0.2, 0.25) is 0 Å². The number of esters is 1. The smallest absolute Gasteiger partial charge is 0.349 e. The molecule has 0 saturated heterocycles. The average Bonchev–Trinajstić information content (AvgIpc) is 3.09. The molecule has 2 aromatic carbocycles. The summed E-state index contributed by atoms with van der Waals surface area (Å²) in [6, 6.07) is 20.9. The molecule has 3 aromatic rings. The summed E-state index contributed by atoms with van der Waals surface area (Å²) in [5, 5.41) is 2.86. The number of thiophene rings is 1. The zero-order valence-electron chi connectivity index (χ0n) is 14.6. The summed E-state index contributed by atoms with van der Waals surface area (Å²) in [6.45, 7) is 3.48. The first kappa shape index (κ1) is 17.9. The van der Waals surface area contributed by atoms with E-state index in [-0.39, 0.29) is 5.91 Å². The maximum absolute atomic E-state index is 12.5. The first-order valence-electron chi connectivity index (χ1n) is 8.27. The van der Waals surface area contributed by atoms with Gasteiger partial charge in [-0.15, -0.1) is 11.3 Å². The van der Waals surface area contributed by atoms with E-state index in [1.165, 1.54) is 11.3 Å². The number of nitrogens with one attached hydrogen (secondary N) is 1. The van der Waals surface area contributed by atoms with E-state index in [0.717, 1.165) is 16.0 Å². The van der Waals surface area contributed by atoms with E-state index >= 15 is 0 Å². The molecule has 0 radical (unpaired) electrons. The Balaban J connectivity index is 1.71. The molecule has 1 heterocycles. The average molecular weight is 365 g/mol. The highest BCUT2D eigenvalue weighted by Gasteiger charge is 2.20. The van der Waals surface area contributed by atoms with Gasteiger partial charge in [-0.3, -0.25) is 4.79 Å². The number of hydrogen-bond donors (Lipinski definition) is 1. The van der Waals surface area contributed by atoms with Gasteiger partial charge < -0.3 is 10.1 Å². The summed E-state index contributed by atoms with van der Waals surface area (Å²) in [7, 11) is 0. The maximum atomic E-state index is 12.5. The third-order valence-electron chi connectivity index (χ3n) is 3.86. The first-order valence-corrected chi connectivity index (χ1v) is 9.09. The molecule has 3 rings (SSSR count). The molecule has 1 aromatic heterocycles. The van der Waals surface area contributed by atoms with Gasteiger partial charge in [0.25, 0.3) is 5.91 Å². The number of rotatable bonds is 5. The first-order chi connectivity index (χ1) is 12.5. The SMILES string of the molecule is Cc1ccc(C(=O)O[C@H](C)C(=O)Nc2ccccc2-c2ccccc2)s1. The fraction of sp³-hybridized carbons (Fsp3) is 0.143. The minimum Gasteiger partial charge on any atom is -0.448 e. The molecule has 0 spiro atoms. The number of carbonyl (C=O) groups excluding carboxylic acids is 2. The molecule has 5 heteroatoms. The second-order valence-corrected chi connectivity index (χ2v) is 7.15. The van der Waals surface area contributed by atoms with Gasteiger partial charge in [0, 0.05) is 16.1 Å². The van der Waals surface area contributed by atoms with Gasteiger partial charge in [0.1, 0.15) is 4.88 Å². The molecule has 1 atom stereocenters. The van der Waals surface area contributed by atoms with Crippen LogP contribution in [0.4, 0.5) is 5.69 Å². The number of anilines is 1. The van der Waals surface area contributed by atoms with Crippen molar-refractivity contribution in [2.24, 2.45) is 0 Å². The fourth-order valence-corrected chi connectivity index (χ4v) is 3.26. The lowest BCUT2D eigenvalue weighted by Gasteiger charge is -2.15. The highest BCUT2D eigenvalue weighted by molar-refractivity contribution is 7.13. The van der Waals surface area contributed by atoms with Crippen molar-refractivity contribution in [3.8, 4) is 11.1 Å². The summed E-state index contributed by atoms with van der Waals surface area (Å²) in [5.74, 6) is -0.850. The number of ether oxygens (including phenoxy) is 1. The predicted octanol–water partition coefficient (Wildman–Crippen LogP) is 4.91. The van der Waals surface area contributed by atoms with E-state index in [0.29, 0.717) is 10.6 Å². The van der Waals surface area contributed by atoms with Crippen molar-refractivity contribution in [1.29, 1.82) is 0 Å². The highest BCUT2D eigenvalue weighted by atomic mass is 32.1. The second kappa shape index (κ2) is 7.97. The zero-order valence-corrected chi connectivity index (χ0v) is 15.4. The molecule has 4 nitrogen and oxygen atoms in total. The Morgan fingerprint density at radius 2 is 1.65 bits per heavy atom. The van der Waals surface area contributed by atoms with Gasteiger partial charge in [-0.1, -0.05) is 48.5 Å². The summed E-state index contributed by atoms with van der Waals surface area (Å²) in [4.78, 5) is 26.1. The number of hydrogen-bond acceptors (Lipinski definition) is 4. The molecule has 0 unspecified atom stereocenters. The molecule has 0 aliphatic heterocycles. The molecule has 0 saturated carbocycles. The molecular weight excluding hydrogens is 346 g/mol. The van der Waals surface area contributed by atoms with Crippen molar-refractivity contribution in [2.75, 3.05) is 5.32 Å². The Bertz CT molecular complexity index is 918. The Kier molecular flexibility index (Phi) is 5.49. The second-order valence-electron chi connectivity index (χ2n) is 5.86. The fourth-order valence-electron chi connectivity index (χ4n) is 2.51. The maximum Gasteiger partial charge on any atom is 0.349 e. The van der Waals surface area contributed by atoms with Crippen molar-refractivity contribution in [3.63, 3.8) is 0 Å². The number of amides is 1. The Labute approximate surface area is 156 Å². The van der Waals surface area contributed by atoms with Gasteiger partial charge in [0.05, 0.1) is 0 Å². The summed E-state index contributed by atoms with van der Waals surface area (Å²) < 4.78 is 5.29. The molecule has 0 aliphatic carbocycles. The van der Waals surface area contributed by atoms with Crippen LogP contribution in [0.2, 0.25) is 0 Å². The quantitative estimate of drug-likeness (QED) is 0.654. The van der Waals surface area contributed by atoms with Crippen molar-refractivity contribution in [3.05, 3.63) is 76.5 Å². The summed E-state index contributed by atoms with van der Waals surface area (Å²) >= 11 is 1.35. The van der Waals surface area contributed by atoms with E-state index in [9.17, 15) is 9.59 Å². The lowest BCUT2D eigenvalue weighted by molar-refractivity contribution is -0.123. The van der Waals surface area contributed by atoms with Gasteiger partial charge in [-0.05, 0) is 37.6 Å². The number of para-hydroxylation sites is 1. The van der Waals surface area contributed by atoms with E-state index in [4.69, 9.17) is 4.74 Å². The Morgan fingerprint density at radius 1 is 0.962 bits per heavy atom. The van der Waals surface area contributed by atoms with Gasteiger partial charge in [-0.25, -0.2) is 4.79 Å². The van der Waals surface area contributed by atoms with Crippen molar-refractivity contribution < 1.29 is 14.3 Å². The van der Waals surface area contributed by atoms with Crippen LogP contribution in [-0.4, -0.2) is 18.0 Å². The van der Waals surface area contributed by atoms with E-state index < -0.39 is 12.1 Å². The third-order valence-corrected chi connectivity index (χ3v) is 4.85. The largest absolute Gasteiger partial charge is 0.448 e. The normalized spacial score (nSPS) is 11.6. The molecular formula is C21H19NO3S. The van der Waals surface area contributed by atoms with Crippen LogP contribution in [0, 0.1) is 6.92 Å². The molecule has 0 fully saturated rings. The molecule has 132 valence electrons. The molecule has 0 bridgehead atoms. The van der Waals surface area contributed by atoms with E-state index in [1.807, 2.05) is 67.6 Å². The van der Waals surface area contributed by atoms with Crippen LogP contribution < -0.4 is 5.32 Å². The van der Waals surface area contributed by atoms with E-state index in [1.54, 1.807) is 13.0 Å². The molecule has 1 N–H and O–H groups in total. The van der Waals surface area contributed by atoms with Crippen LogP contribution in [0.3, 0.4) is 0 Å². The minimum atomic E-state index is -0.895. The summed E-state index contributed by atoms with van der Waals surface area (Å²) in [5.41, 5.74) is 2.59. The van der Waals surface area contributed by atoms with Crippen LogP contribution in [0.15, 0.2) is 66.7 Å². The Hall–Kier alpha value is -2.92. The standard InChI is InChI=1S/C21H19NO3S/c1-14-12-13-19(26-14)21(24)25-15(2)20(23)22-18-11-7-6-10-17(18)16-8-4-3-5-9-16/h3-13,15H,1-2H3,(H,22,23)/t15-/m1/s1. The summed E-state index contributed by atoms with van der Waals surface area (Å²) in [6.07, 6.45) is -0.895. The molecule has 0 aliphatic rings. The van der Waals surface area contributed by atoms with Crippen molar-refractivity contribution >= 4 is 28.9 Å². The number of aryl methyl sites for hydroxylation is 1. The van der Waals surface area contributed by atoms with Crippen LogP contribution in [0.25, 0.3) is 11.1 Å². The van der Waals surface area contributed by atoms with Gasteiger partial charge in [-0.2, -0.15) is 0 Å². The third kappa shape index (κ3) is 4.18. The van der Waals surface area contributed by atoms with Crippen LogP contribution in [0.5, 0.6) is 0 Å². The highest BCUT2D eigenvalue weighted by Crippen LogP contribution is 2.27. The minimum absolute atomic E-state index is 0.366. The number of carbonyl (C=O) groups is 2. The van der Waals surface area contributed by atoms with Crippen molar-refractivity contribution in [2.45, 2.75) is 20.0 Å². The Morgan fingerprint density at radius 3 is 2.35 bits per heavy atom. The van der Waals surface area contributed by atoms with E-state index in [2.05, 4.69) is 5.32 Å². The predicted molar refractivity (Wildman–Crippen MR) is 104 cm³/mol. The molecule has 1 amide bonds. The molecule has 26 heavy (non-hydrogen) atoms. The van der Waals surface area contributed by atoms with Crippen LogP contribution in [0.1, 0.15) is 21.5 Å². The monoisotopic (exact) mass is 365 g/mol. The lowest BCUT2D eigenvalue weighted by Crippen LogP contribution is -2.30. The van der Waals surface area contributed by atoms with Crippen molar-refractivity contribution in [1.82, 2.24) is 0 Å². The van der Waals surface area contributed by atoms with Gasteiger partial charge in [0.15, 0.2) is 6.10 Å². The zero-order chi connectivity index (χ0) is 18.5.